The van der Waals surface area contributed by atoms with Crippen molar-refractivity contribution in [3.63, 3.8) is 0 Å². The number of nitrogens with one attached hydrogen (secondary N) is 1. The summed E-state index contributed by atoms with van der Waals surface area (Å²) in [6, 6.07) is 6.43. The molecule has 0 aliphatic heterocycles. The quantitative estimate of drug-likeness (QED) is 0.694. The Hall–Kier alpha value is -0.580. The Balaban J connectivity index is 2.90. The Kier molecular flexibility index (Phi) is 7.71. The maximum absolute atomic E-state index is 5.54. The molecule has 1 unspecified atom stereocenters. The molecule has 0 saturated carbocycles. The Morgan fingerprint density at radius 1 is 1.29 bits per heavy atom. The molecule has 3 nitrogen and oxygen atoms in total. The smallest absolute Gasteiger partial charge is 0.119 e. The van der Waals surface area contributed by atoms with Gasteiger partial charge in [0, 0.05) is 17.6 Å². The van der Waals surface area contributed by atoms with E-state index in [4.69, 9.17) is 9.47 Å². The van der Waals surface area contributed by atoms with Gasteiger partial charge in [0.05, 0.1) is 12.7 Å². The highest BCUT2D eigenvalue weighted by atomic mass is 79.9. The van der Waals surface area contributed by atoms with Crippen LogP contribution in [0.25, 0.3) is 0 Å². The van der Waals surface area contributed by atoms with E-state index in [1.54, 1.807) is 14.2 Å². The zero-order chi connectivity index (χ0) is 15.9. The number of rotatable bonds is 9. The molecule has 0 bridgehead atoms. The van der Waals surface area contributed by atoms with Crippen LogP contribution in [0.3, 0.4) is 0 Å². The molecule has 0 fully saturated rings. The number of hydrogen-bond acceptors (Lipinski definition) is 3. The topological polar surface area (TPSA) is 30.5 Å². The summed E-state index contributed by atoms with van der Waals surface area (Å²) in [6.45, 7) is 7.44. The monoisotopic (exact) mass is 357 g/mol. The Bertz CT molecular complexity index is 435. The first-order chi connectivity index (χ1) is 9.93. The molecule has 0 aliphatic rings. The minimum atomic E-state index is -0.0997. The fourth-order valence-corrected chi connectivity index (χ4v) is 2.72. The van der Waals surface area contributed by atoms with Crippen LogP contribution in [0.15, 0.2) is 22.7 Å². The second kappa shape index (κ2) is 8.76. The summed E-state index contributed by atoms with van der Waals surface area (Å²) in [6.07, 6.45) is 3.13. The second-order valence-corrected chi connectivity index (χ2v) is 6.75. The van der Waals surface area contributed by atoms with Gasteiger partial charge in [-0.1, -0.05) is 22.9 Å². The van der Waals surface area contributed by atoms with Crippen molar-refractivity contribution in [1.29, 1.82) is 0 Å². The van der Waals surface area contributed by atoms with Crippen LogP contribution in [0.1, 0.15) is 51.6 Å². The van der Waals surface area contributed by atoms with E-state index in [1.807, 2.05) is 6.07 Å². The van der Waals surface area contributed by atoms with Gasteiger partial charge in [-0.3, -0.25) is 0 Å². The SMILES string of the molecule is CCCNC(CCC(C)(C)OC)c1cc(OC)ccc1Br. The van der Waals surface area contributed by atoms with Crippen molar-refractivity contribution in [3.8, 4) is 5.75 Å². The first-order valence-corrected chi connectivity index (χ1v) is 8.34. The van der Waals surface area contributed by atoms with E-state index in [2.05, 4.69) is 54.2 Å². The minimum Gasteiger partial charge on any atom is -0.497 e. The zero-order valence-corrected chi connectivity index (χ0v) is 15.4. The summed E-state index contributed by atoms with van der Waals surface area (Å²) in [5.74, 6) is 0.891. The number of methoxy groups -OCH3 is 2. The Morgan fingerprint density at radius 3 is 2.57 bits per heavy atom. The van der Waals surface area contributed by atoms with Gasteiger partial charge in [-0.25, -0.2) is 0 Å². The number of benzene rings is 1. The van der Waals surface area contributed by atoms with Crippen LogP contribution in [0.4, 0.5) is 0 Å². The van der Waals surface area contributed by atoms with Crippen LogP contribution in [0, 0.1) is 0 Å². The Labute approximate surface area is 137 Å². The normalized spacial score (nSPS) is 13.2. The van der Waals surface area contributed by atoms with Crippen molar-refractivity contribution in [2.75, 3.05) is 20.8 Å². The first-order valence-electron chi connectivity index (χ1n) is 7.55. The molecule has 21 heavy (non-hydrogen) atoms. The van der Waals surface area contributed by atoms with Crippen LogP contribution in [-0.4, -0.2) is 26.4 Å². The molecule has 120 valence electrons. The number of halogens is 1. The van der Waals surface area contributed by atoms with Crippen LogP contribution < -0.4 is 10.1 Å². The van der Waals surface area contributed by atoms with E-state index in [1.165, 1.54) is 5.56 Å². The molecule has 0 aliphatic carbocycles. The van der Waals surface area contributed by atoms with E-state index in [-0.39, 0.29) is 5.60 Å². The van der Waals surface area contributed by atoms with Gasteiger partial charge in [0.1, 0.15) is 5.75 Å². The van der Waals surface area contributed by atoms with E-state index in [0.717, 1.165) is 36.0 Å². The minimum absolute atomic E-state index is 0.0997. The van der Waals surface area contributed by atoms with Gasteiger partial charge in [0.25, 0.3) is 0 Å². The molecule has 1 rings (SSSR count). The van der Waals surface area contributed by atoms with E-state index in [0.29, 0.717) is 6.04 Å². The molecule has 0 saturated heterocycles. The fraction of sp³-hybridized carbons (Fsp3) is 0.647. The van der Waals surface area contributed by atoms with Crippen molar-refractivity contribution >= 4 is 15.9 Å². The van der Waals surface area contributed by atoms with Crippen molar-refractivity contribution in [2.45, 2.75) is 51.7 Å². The van der Waals surface area contributed by atoms with Gasteiger partial charge in [-0.05, 0) is 63.4 Å². The molecule has 1 aromatic rings. The maximum Gasteiger partial charge on any atom is 0.119 e. The second-order valence-electron chi connectivity index (χ2n) is 5.90. The molecular weight excluding hydrogens is 330 g/mol. The van der Waals surface area contributed by atoms with Crippen LogP contribution >= 0.6 is 15.9 Å². The van der Waals surface area contributed by atoms with Crippen molar-refractivity contribution in [2.24, 2.45) is 0 Å². The van der Waals surface area contributed by atoms with Gasteiger partial charge in [-0.15, -0.1) is 0 Å². The highest BCUT2D eigenvalue weighted by Crippen LogP contribution is 2.32. The van der Waals surface area contributed by atoms with Gasteiger partial charge < -0.3 is 14.8 Å². The van der Waals surface area contributed by atoms with Crippen molar-refractivity contribution in [3.05, 3.63) is 28.2 Å². The van der Waals surface area contributed by atoms with Gasteiger partial charge in [0.2, 0.25) is 0 Å². The molecule has 0 heterocycles. The summed E-state index contributed by atoms with van der Waals surface area (Å²) in [5.41, 5.74) is 1.15. The zero-order valence-electron chi connectivity index (χ0n) is 13.8. The summed E-state index contributed by atoms with van der Waals surface area (Å²) in [5, 5.41) is 3.63. The summed E-state index contributed by atoms with van der Waals surface area (Å²) in [4.78, 5) is 0. The van der Waals surface area contributed by atoms with Crippen LogP contribution in [0.5, 0.6) is 5.75 Å². The van der Waals surface area contributed by atoms with E-state index in [9.17, 15) is 0 Å². The molecule has 0 spiro atoms. The lowest BCUT2D eigenvalue weighted by Crippen LogP contribution is -2.28. The third-order valence-electron chi connectivity index (χ3n) is 3.81. The lowest BCUT2D eigenvalue weighted by molar-refractivity contribution is 0.0116. The van der Waals surface area contributed by atoms with Gasteiger partial charge in [-0.2, -0.15) is 0 Å². The number of ether oxygens (including phenoxy) is 2. The highest BCUT2D eigenvalue weighted by Gasteiger charge is 2.21. The van der Waals surface area contributed by atoms with Crippen LogP contribution in [0.2, 0.25) is 0 Å². The maximum atomic E-state index is 5.54. The Morgan fingerprint density at radius 2 is 2.00 bits per heavy atom. The van der Waals surface area contributed by atoms with E-state index < -0.39 is 0 Å². The highest BCUT2D eigenvalue weighted by molar-refractivity contribution is 9.10. The lowest BCUT2D eigenvalue weighted by Gasteiger charge is -2.27. The predicted octanol–water partition coefficient (Wildman–Crippen LogP) is 4.70. The molecule has 0 amide bonds. The summed E-state index contributed by atoms with van der Waals surface area (Å²) < 4.78 is 12.0. The van der Waals surface area contributed by atoms with Gasteiger partial charge >= 0.3 is 0 Å². The summed E-state index contributed by atoms with van der Waals surface area (Å²) >= 11 is 3.66. The number of hydrogen-bond donors (Lipinski definition) is 1. The molecule has 1 N–H and O–H groups in total. The van der Waals surface area contributed by atoms with Crippen molar-refractivity contribution < 1.29 is 9.47 Å². The third kappa shape index (κ3) is 5.97. The first kappa shape index (κ1) is 18.5. The third-order valence-corrected chi connectivity index (χ3v) is 4.53. The molecule has 1 atom stereocenters. The van der Waals surface area contributed by atoms with Crippen LogP contribution in [-0.2, 0) is 4.74 Å². The molecule has 4 heteroatoms. The van der Waals surface area contributed by atoms with E-state index >= 15 is 0 Å². The molecular formula is C17H28BrNO2. The fourth-order valence-electron chi connectivity index (χ4n) is 2.20. The average molecular weight is 358 g/mol. The van der Waals surface area contributed by atoms with Gasteiger partial charge in [0.15, 0.2) is 0 Å². The summed E-state index contributed by atoms with van der Waals surface area (Å²) in [7, 11) is 3.48. The molecule has 0 aromatic heterocycles. The predicted molar refractivity (Wildman–Crippen MR) is 92.1 cm³/mol. The van der Waals surface area contributed by atoms with Crippen molar-refractivity contribution in [1.82, 2.24) is 5.32 Å². The largest absolute Gasteiger partial charge is 0.497 e. The molecule has 1 aromatic carbocycles. The standard InChI is InChI=1S/C17H28BrNO2/c1-6-11-19-16(9-10-17(2,3)21-5)14-12-13(20-4)7-8-15(14)18/h7-8,12,16,19H,6,9-11H2,1-5H3. The molecule has 0 radical (unpaired) electrons. The average Bonchev–Trinajstić information content (AvgIpc) is 2.48. The lowest BCUT2D eigenvalue weighted by atomic mass is 9.94.